The molecule has 2 aromatic heterocycles. The average Bonchev–Trinajstić information content (AvgIpc) is 3.03. The minimum atomic E-state index is -1.26. The van der Waals surface area contributed by atoms with Crippen LogP contribution in [0.15, 0.2) is 36.7 Å². The summed E-state index contributed by atoms with van der Waals surface area (Å²) >= 11 is 6.77. The smallest absolute Gasteiger partial charge is 0.337 e. The summed E-state index contributed by atoms with van der Waals surface area (Å²) in [7, 11) is 0. The van der Waals surface area contributed by atoms with Crippen LogP contribution in [-0.4, -0.2) is 77.6 Å². The van der Waals surface area contributed by atoms with E-state index in [0.29, 0.717) is 25.3 Å². The van der Waals surface area contributed by atoms with Crippen LogP contribution in [0.25, 0.3) is 11.1 Å². The molecule has 1 unspecified atom stereocenters. The minimum Gasteiger partial charge on any atom is -0.479 e. The molecule has 2 saturated heterocycles. The summed E-state index contributed by atoms with van der Waals surface area (Å²) < 4.78 is 11.7. The molecule has 3 aliphatic rings. The Hall–Kier alpha value is -3.47. The number of carboxylic acids is 1. The molecule has 246 valence electrons. The van der Waals surface area contributed by atoms with Crippen LogP contribution in [0.4, 0.5) is 17.5 Å². The fourth-order valence-corrected chi connectivity index (χ4v) is 6.79. The topological polar surface area (TPSA) is 104 Å². The van der Waals surface area contributed by atoms with E-state index in [1.165, 1.54) is 11.1 Å². The normalized spacial score (nSPS) is 19.1. The molecular weight excluding hydrogens is 604 g/mol. The van der Waals surface area contributed by atoms with Gasteiger partial charge in [-0.05, 0) is 68.2 Å². The quantitative estimate of drug-likeness (QED) is 0.300. The fourth-order valence-electron chi connectivity index (χ4n) is 6.55. The molecule has 0 aliphatic carbocycles. The number of carboxylic acid groups (broad SMARTS) is 1. The van der Waals surface area contributed by atoms with Gasteiger partial charge in [-0.1, -0.05) is 43.6 Å². The number of halogens is 1. The van der Waals surface area contributed by atoms with Crippen molar-refractivity contribution in [3.63, 3.8) is 0 Å². The van der Waals surface area contributed by atoms with Gasteiger partial charge < -0.3 is 29.3 Å². The van der Waals surface area contributed by atoms with Crippen LogP contribution < -0.4 is 14.7 Å². The number of nitrogens with zero attached hydrogens (tertiary/aromatic N) is 6. The predicted molar refractivity (Wildman–Crippen MR) is 181 cm³/mol. The number of aromatic nitrogens is 3. The van der Waals surface area contributed by atoms with E-state index in [2.05, 4.69) is 56.7 Å². The Labute approximate surface area is 276 Å². The van der Waals surface area contributed by atoms with E-state index in [1.54, 1.807) is 6.20 Å². The molecule has 3 aliphatic heterocycles. The van der Waals surface area contributed by atoms with Crippen LogP contribution in [0.2, 0.25) is 5.15 Å². The van der Waals surface area contributed by atoms with Crippen LogP contribution in [-0.2, 0) is 27.2 Å². The average molecular weight is 649 g/mol. The minimum absolute atomic E-state index is 0.160. The summed E-state index contributed by atoms with van der Waals surface area (Å²) in [6.07, 6.45) is 5.17. The fraction of sp³-hybridized carbons (Fsp3) is 0.543. The maximum absolute atomic E-state index is 12.7. The van der Waals surface area contributed by atoms with E-state index in [9.17, 15) is 9.90 Å². The van der Waals surface area contributed by atoms with Gasteiger partial charge in [-0.2, -0.15) is 4.98 Å². The molecular formula is C35H45ClN6O4. The van der Waals surface area contributed by atoms with Gasteiger partial charge in [-0.25, -0.2) is 14.8 Å². The van der Waals surface area contributed by atoms with Crippen molar-refractivity contribution in [2.24, 2.45) is 5.41 Å². The van der Waals surface area contributed by atoms with E-state index < -0.39 is 17.7 Å². The first-order valence-electron chi connectivity index (χ1n) is 16.3. The maximum atomic E-state index is 12.7. The number of benzene rings is 1. The summed E-state index contributed by atoms with van der Waals surface area (Å²) in [6, 6.07) is 8.47. The SMILES string of the molecule is CC1(C)CCN(c2c(-c3ccc4c(c3)CCN(c3nccc(N5CCOCC5)n3)C4)cnc(Cl)c2C(OC(C)(C)C)C(=O)O)CC1. The number of hydrogen-bond acceptors (Lipinski definition) is 9. The number of aliphatic carboxylic acids is 1. The first kappa shape index (κ1) is 32.5. The molecule has 46 heavy (non-hydrogen) atoms. The Morgan fingerprint density at radius 2 is 1.74 bits per heavy atom. The van der Waals surface area contributed by atoms with Crippen LogP contribution >= 0.6 is 11.6 Å². The van der Waals surface area contributed by atoms with Gasteiger partial charge in [0.15, 0.2) is 6.10 Å². The van der Waals surface area contributed by atoms with Crippen LogP contribution in [0.3, 0.4) is 0 Å². The number of pyridine rings is 1. The van der Waals surface area contributed by atoms with Crippen molar-refractivity contribution in [2.75, 3.05) is 60.6 Å². The largest absolute Gasteiger partial charge is 0.479 e. The lowest BCUT2D eigenvalue weighted by molar-refractivity contribution is -0.160. The first-order chi connectivity index (χ1) is 21.9. The van der Waals surface area contributed by atoms with Crippen molar-refractivity contribution in [1.29, 1.82) is 0 Å². The zero-order chi connectivity index (χ0) is 32.6. The molecule has 1 aromatic carbocycles. The summed E-state index contributed by atoms with van der Waals surface area (Å²) in [5.41, 5.74) is 5.06. The van der Waals surface area contributed by atoms with Crippen LogP contribution in [0.5, 0.6) is 0 Å². The van der Waals surface area contributed by atoms with Crippen LogP contribution in [0.1, 0.15) is 70.3 Å². The highest BCUT2D eigenvalue weighted by Crippen LogP contribution is 2.45. The number of piperidine rings is 1. The van der Waals surface area contributed by atoms with Gasteiger partial charge in [-0.3, -0.25) is 0 Å². The first-order valence-corrected chi connectivity index (χ1v) is 16.6. The molecule has 0 saturated carbocycles. The molecule has 5 heterocycles. The summed E-state index contributed by atoms with van der Waals surface area (Å²) in [5.74, 6) is 0.586. The zero-order valence-electron chi connectivity index (χ0n) is 27.6. The van der Waals surface area contributed by atoms with E-state index in [0.717, 1.165) is 80.6 Å². The highest BCUT2D eigenvalue weighted by atomic mass is 35.5. The van der Waals surface area contributed by atoms with Crippen molar-refractivity contribution in [1.82, 2.24) is 15.0 Å². The molecule has 2 fully saturated rings. The molecule has 0 radical (unpaired) electrons. The summed E-state index contributed by atoms with van der Waals surface area (Å²) in [4.78, 5) is 33.5. The Balaban J connectivity index is 1.34. The molecule has 1 atom stereocenters. The molecule has 0 bridgehead atoms. The lowest BCUT2D eigenvalue weighted by Gasteiger charge is -2.40. The van der Waals surface area contributed by atoms with Gasteiger partial charge in [0.05, 0.1) is 30.1 Å². The van der Waals surface area contributed by atoms with Crippen molar-refractivity contribution in [3.8, 4) is 11.1 Å². The van der Waals surface area contributed by atoms with Gasteiger partial charge in [0.25, 0.3) is 0 Å². The third-order valence-electron chi connectivity index (χ3n) is 9.21. The maximum Gasteiger partial charge on any atom is 0.337 e. The third-order valence-corrected chi connectivity index (χ3v) is 9.51. The second-order valence-electron chi connectivity index (χ2n) is 14.3. The molecule has 6 rings (SSSR count). The highest BCUT2D eigenvalue weighted by molar-refractivity contribution is 6.31. The number of carbonyl (C=O) groups is 1. The van der Waals surface area contributed by atoms with Gasteiger partial charge >= 0.3 is 5.97 Å². The Kier molecular flexibility index (Phi) is 9.15. The number of ether oxygens (including phenoxy) is 2. The van der Waals surface area contributed by atoms with Gasteiger partial charge in [-0.15, -0.1) is 0 Å². The number of fused-ring (bicyclic) bond motifs is 1. The lowest BCUT2D eigenvalue weighted by Crippen LogP contribution is -2.39. The van der Waals surface area contributed by atoms with Gasteiger partial charge in [0.2, 0.25) is 5.95 Å². The van der Waals surface area contributed by atoms with E-state index >= 15 is 0 Å². The summed E-state index contributed by atoms with van der Waals surface area (Å²) in [5, 5.41) is 10.6. The molecule has 11 heteroatoms. The number of morpholine rings is 1. The number of anilines is 3. The Morgan fingerprint density at radius 1 is 1.00 bits per heavy atom. The van der Waals surface area contributed by atoms with Crippen molar-refractivity contribution in [2.45, 2.75) is 72.1 Å². The number of hydrogen-bond donors (Lipinski definition) is 1. The molecule has 0 spiro atoms. The third kappa shape index (κ3) is 7.09. The highest BCUT2D eigenvalue weighted by Gasteiger charge is 2.36. The van der Waals surface area contributed by atoms with E-state index in [-0.39, 0.29) is 10.6 Å². The van der Waals surface area contributed by atoms with Crippen molar-refractivity contribution < 1.29 is 19.4 Å². The number of rotatable bonds is 7. The van der Waals surface area contributed by atoms with E-state index in [1.807, 2.05) is 33.0 Å². The zero-order valence-corrected chi connectivity index (χ0v) is 28.3. The standard InChI is InChI=1S/C35H45ClN6O4/c1-34(2,3)46-30(32(43)44)28-29(41-14-10-35(4,5)11-15-41)26(21-38-31(28)36)24-6-7-25-22-42(13-9-23(25)20-24)33-37-12-8-27(39-33)40-16-18-45-19-17-40/h6-8,12,20-21,30H,9-11,13-19,22H2,1-5H3,(H,43,44). The monoisotopic (exact) mass is 648 g/mol. The molecule has 0 amide bonds. The lowest BCUT2D eigenvalue weighted by atomic mass is 9.82. The van der Waals surface area contributed by atoms with Crippen LogP contribution in [0, 0.1) is 5.41 Å². The van der Waals surface area contributed by atoms with Crippen molar-refractivity contribution >= 4 is 35.0 Å². The second-order valence-corrected chi connectivity index (χ2v) is 14.7. The van der Waals surface area contributed by atoms with Crippen molar-refractivity contribution in [3.05, 3.63) is 58.5 Å². The van der Waals surface area contributed by atoms with E-state index in [4.69, 9.17) is 26.1 Å². The molecule has 3 aromatic rings. The summed E-state index contributed by atoms with van der Waals surface area (Å²) in [6.45, 7) is 16.3. The molecule has 10 nitrogen and oxygen atoms in total. The Bertz CT molecular complexity index is 1580. The van der Waals surface area contributed by atoms with Gasteiger partial charge in [0.1, 0.15) is 11.0 Å². The Morgan fingerprint density at radius 3 is 2.43 bits per heavy atom. The van der Waals surface area contributed by atoms with Gasteiger partial charge in [0, 0.05) is 57.2 Å². The predicted octanol–water partition coefficient (Wildman–Crippen LogP) is 6.16. The molecule has 1 N–H and O–H groups in total. The second kappa shape index (κ2) is 13.0.